The molecule has 0 aliphatic rings. The van der Waals surface area contributed by atoms with E-state index in [9.17, 15) is 4.39 Å². The minimum atomic E-state index is -0.416. The Hall–Kier alpha value is -1.87. The first-order valence-corrected chi connectivity index (χ1v) is 7.34. The summed E-state index contributed by atoms with van der Waals surface area (Å²) < 4.78 is 19.7. The topological polar surface area (TPSA) is 35.2 Å². The van der Waals surface area contributed by atoms with Crippen molar-refractivity contribution in [2.45, 2.75) is 39.2 Å². The number of halogens is 1. The minimum Gasteiger partial charge on any atom is -0.457 e. The SMILES string of the molecule is CCC(C)c1ccc(Oc2cccc(F)c2[C@@H](C)N)cc1. The van der Waals surface area contributed by atoms with E-state index in [1.165, 1.54) is 11.6 Å². The van der Waals surface area contributed by atoms with Gasteiger partial charge in [-0.3, -0.25) is 0 Å². The van der Waals surface area contributed by atoms with Crippen molar-refractivity contribution in [3.05, 3.63) is 59.4 Å². The molecule has 0 saturated carbocycles. The molecule has 2 rings (SSSR count). The predicted octanol–water partition coefficient (Wildman–Crippen LogP) is 5.15. The van der Waals surface area contributed by atoms with Gasteiger partial charge in [0.25, 0.3) is 0 Å². The van der Waals surface area contributed by atoms with Gasteiger partial charge in [0.15, 0.2) is 0 Å². The van der Waals surface area contributed by atoms with E-state index in [2.05, 4.69) is 13.8 Å². The van der Waals surface area contributed by atoms with E-state index in [1.54, 1.807) is 19.1 Å². The van der Waals surface area contributed by atoms with Crippen LogP contribution in [0.2, 0.25) is 0 Å². The summed E-state index contributed by atoms with van der Waals surface area (Å²) in [7, 11) is 0. The maximum absolute atomic E-state index is 13.9. The number of hydrogen-bond acceptors (Lipinski definition) is 2. The Kier molecular flexibility index (Phi) is 4.97. The van der Waals surface area contributed by atoms with Gasteiger partial charge in [-0.25, -0.2) is 4.39 Å². The summed E-state index contributed by atoms with van der Waals surface area (Å²) >= 11 is 0. The summed E-state index contributed by atoms with van der Waals surface area (Å²) in [6.45, 7) is 6.10. The van der Waals surface area contributed by atoms with Crippen LogP contribution in [0.1, 0.15) is 50.3 Å². The first-order valence-electron chi connectivity index (χ1n) is 7.34. The fourth-order valence-corrected chi connectivity index (χ4v) is 2.28. The molecule has 0 aliphatic heterocycles. The monoisotopic (exact) mass is 287 g/mol. The van der Waals surface area contributed by atoms with Crippen molar-refractivity contribution in [1.82, 2.24) is 0 Å². The van der Waals surface area contributed by atoms with E-state index in [0.717, 1.165) is 6.42 Å². The molecule has 2 N–H and O–H groups in total. The zero-order valence-electron chi connectivity index (χ0n) is 12.8. The average molecular weight is 287 g/mol. The highest BCUT2D eigenvalue weighted by Crippen LogP contribution is 2.31. The minimum absolute atomic E-state index is 0.335. The number of rotatable bonds is 5. The second-order valence-corrected chi connectivity index (χ2v) is 5.42. The van der Waals surface area contributed by atoms with Crippen molar-refractivity contribution in [3.8, 4) is 11.5 Å². The predicted molar refractivity (Wildman–Crippen MR) is 84.2 cm³/mol. The lowest BCUT2D eigenvalue weighted by Crippen LogP contribution is -2.09. The molecule has 1 unspecified atom stereocenters. The lowest BCUT2D eigenvalue weighted by atomic mass is 9.99. The van der Waals surface area contributed by atoms with E-state index in [0.29, 0.717) is 23.0 Å². The van der Waals surface area contributed by atoms with Crippen LogP contribution in [0.25, 0.3) is 0 Å². The zero-order valence-corrected chi connectivity index (χ0v) is 12.8. The van der Waals surface area contributed by atoms with E-state index >= 15 is 0 Å². The van der Waals surface area contributed by atoms with Crippen molar-refractivity contribution < 1.29 is 9.13 Å². The molecule has 112 valence electrons. The van der Waals surface area contributed by atoms with Crippen molar-refractivity contribution in [2.75, 3.05) is 0 Å². The molecule has 3 heteroatoms. The van der Waals surface area contributed by atoms with Crippen LogP contribution in [-0.2, 0) is 0 Å². The molecule has 0 heterocycles. The lowest BCUT2D eigenvalue weighted by Gasteiger charge is -2.15. The van der Waals surface area contributed by atoms with Gasteiger partial charge < -0.3 is 10.5 Å². The summed E-state index contributed by atoms with van der Waals surface area (Å²) in [6, 6.07) is 12.3. The standard InChI is InChI=1S/C18H22FNO/c1-4-12(2)14-8-10-15(11-9-14)21-17-7-5-6-16(19)18(17)13(3)20/h5-13H,4,20H2,1-3H3/t12?,13-/m1/s1. The quantitative estimate of drug-likeness (QED) is 0.825. The fraction of sp³-hybridized carbons (Fsp3) is 0.333. The Morgan fingerprint density at radius 3 is 2.33 bits per heavy atom. The van der Waals surface area contributed by atoms with Crippen LogP contribution in [0, 0.1) is 5.82 Å². The van der Waals surface area contributed by atoms with E-state index in [-0.39, 0.29) is 5.82 Å². The maximum atomic E-state index is 13.9. The van der Waals surface area contributed by atoms with Crippen LogP contribution in [-0.4, -0.2) is 0 Å². The highest BCUT2D eigenvalue weighted by molar-refractivity contribution is 5.41. The van der Waals surface area contributed by atoms with Crippen LogP contribution in [0.15, 0.2) is 42.5 Å². The highest BCUT2D eigenvalue weighted by Gasteiger charge is 2.14. The number of nitrogens with two attached hydrogens (primary N) is 1. The third-order valence-electron chi connectivity index (χ3n) is 3.76. The summed E-state index contributed by atoms with van der Waals surface area (Å²) in [5.41, 5.74) is 7.51. The Morgan fingerprint density at radius 2 is 1.76 bits per heavy atom. The average Bonchev–Trinajstić information content (AvgIpc) is 2.47. The number of benzene rings is 2. The van der Waals surface area contributed by atoms with Gasteiger partial charge in [-0.1, -0.05) is 32.0 Å². The zero-order chi connectivity index (χ0) is 15.4. The summed E-state index contributed by atoms with van der Waals surface area (Å²) in [5.74, 6) is 1.35. The van der Waals surface area contributed by atoms with E-state index < -0.39 is 6.04 Å². The molecule has 0 aromatic heterocycles. The fourth-order valence-electron chi connectivity index (χ4n) is 2.28. The molecule has 0 amide bonds. The van der Waals surface area contributed by atoms with Crippen LogP contribution in [0.5, 0.6) is 11.5 Å². The molecule has 0 radical (unpaired) electrons. The lowest BCUT2D eigenvalue weighted by molar-refractivity contribution is 0.460. The number of ether oxygens (including phenoxy) is 1. The molecule has 0 aliphatic carbocycles. The van der Waals surface area contributed by atoms with Crippen LogP contribution >= 0.6 is 0 Å². The van der Waals surface area contributed by atoms with Gasteiger partial charge in [0, 0.05) is 11.6 Å². The van der Waals surface area contributed by atoms with Crippen molar-refractivity contribution in [3.63, 3.8) is 0 Å². The first kappa shape index (κ1) is 15.5. The largest absolute Gasteiger partial charge is 0.457 e. The maximum Gasteiger partial charge on any atom is 0.135 e. The third-order valence-corrected chi connectivity index (χ3v) is 3.76. The van der Waals surface area contributed by atoms with Gasteiger partial charge >= 0.3 is 0 Å². The van der Waals surface area contributed by atoms with Gasteiger partial charge in [-0.2, -0.15) is 0 Å². The smallest absolute Gasteiger partial charge is 0.135 e. The molecule has 0 fully saturated rings. The normalized spacial score (nSPS) is 13.8. The Bertz CT molecular complexity index is 593. The first-order chi connectivity index (χ1) is 10.0. The van der Waals surface area contributed by atoms with Gasteiger partial charge in [0.05, 0.1) is 0 Å². The second-order valence-electron chi connectivity index (χ2n) is 5.42. The molecule has 2 nitrogen and oxygen atoms in total. The number of hydrogen-bond donors (Lipinski definition) is 1. The van der Waals surface area contributed by atoms with Gasteiger partial charge in [-0.15, -0.1) is 0 Å². The molecule has 21 heavy (non-hydrogen) atoms. The van der Waals surface area contributed by atoms with Crippen molar-refractivity contribution >= 4 is 0 Å². The molecule has 0 saturated heterocycles. The van der Waals surface area contributed by atoms with Crippen LogP contribution < -0.4 is 10.5 Å². The van der Waals surface area contributed by atoms with Crippen molar-refractivity contribution in [1.29, 1.82) is 0 Å². The Morgan fingerprint density at radius 1 is 1.10 bits per heavy atom. The summed E-state index contributed by atoms with van der Waals surface area (Å²) in [4.78, 5) is 0. The van der Waals surface area contributed by atoms with Crippen molar-refractivity contribution in [2.24, 2.45) is 5.73 Å². The van der Waals surface area contributed by atoms with Gasteiger partial charge in [0.1, 0.15) is 17.3 Å². The third kappa shape index (κ3) is 3.61. The second kappa shape index (κ2) is 6.72. The molecular weight excluding hydrogens is 265 g/mol. The molecule has 2 atom stereocenters. The van der Waals surface area contributed by atoms with Gasteiger partial charge in [-0.05, 0) is 49.1 Å². The van der Waals surface area contributed by atoms with E-state index in [4.69, 9.17) is 10.5 Å². The molecule has 2 aromatic carbocycles. The highest BCUT2D eigenvalue weighted by atomic mass is 19.1. The summed E-state index contributed by atoms with van der Waals surface area (Å²) in [5, 5.41) is 0. The Labute approximate surface area is 125 Å². The molecule has 2 aromatic rings. The van der Waals surface area contributed by atoms with Gasteiger partial charge in [0.2, 0.25) is 0 Å². The summed E-state index contributed by atoms with van der Waals surface area (Å²) in [6.07, 6.45) is 1.10. The Balaban J connectivity index is 2.25. The molecule has 0 spiro atoms. The molecular formula is C18H22FNO. The van der Waals surface area contributed by atoms with E-state index in [1.807, 2.05) is 24.3 Å². The van der Waals surface area contributed by atoms with Crippen LogP contribution in [0.3, 0.4) is 0 Å². The molecule has 0 bridgehead atoms. The van der Waals surface area contributed by atoms with Crippen LogP contribution in [0.4, 0.5) is 4.39 Å².